The van der Waals surface area contributed by atoms with Crippen molar-refractivity contribution in [2.24, 2.45) is 0 Å². The van der Waals surface area contributed by atoms with Gasteiger partial charge in [0.25, 0.3) is 5.91 Å². The number of rotatable bonds is 9. The molecule has 0 unspecified atom stereocenters. The molecule has 1 atom stereocenters. The van der Waals surface area contributed by atoms with E-state index in [0.717, 1.165) is 5.56 Å². The number of ether oxygens (including phenoxy) is 3. The fourth-order valence-electron chi connectivity index (χ4n) is 4.43. The number of benzene rings is 3. The van der Waals surface area contributed by atoms with E-state index in [4.69, 9.17) is 14.2 Å². The number of amides is 2. The molecule has 1 aliphatic heterocycles. The molecular weight excluding hydrogens is 460 g/mol. The Bertz CT molecular complexity index is 1290. The Morgan fingerprint density at radius 2 is 1.64 bits per heavy atom. The van der Waals surface area contributed by atoms with Gasteiger partial charge in [0.2, 0.25) is 11.7 Å². The van der Waals surface area contributed by atoms with Gasteiger partial charge in [0.1, 0.15) is 0 Å². The number of fused-ring (bicyclic) bond motifs is 1. The molecular formula is C28H28N2O6. The highest BCUT2D eigenvalue weighted by atomic mass is 16.5. The molecule has 1 aliphatic rings. The molecule has 8 nitrogen and oxygen atoms in total. The van der Waals surface area contributed by atoms with Gasteiger partial charge in [-0.1, -0.05) is 30.3 Å². The van der Waals surface area contributed by atoms with E-state index in [9.17, 15) is 14.4 Å². The molecule has 8 heteroatoms. The second-order valence-corrected chi connectivity index (χ2v) is 8.45. The van der Waals surface area contributed by atoms with E-state index in [2.05, 4.69) is 5.32 Å². The molecule has 1 N–H and O–H groups in total. The average Bonchev–Trinajstić information content (AvgIpc) is 3.22. The van der Waals surface area contributed by atoms with Gasteiger partial charge in [-0.25, -0.2) is 0 Å². The number of carbonyl (C=O) groups is 3. The highest BCUT2D eigenvalue weighted by Crippen LogP contribution is 2.43. The number of methoxy groups -OCH3 is 3. The third-order valence-electron chi connectivity index (χ3n) is 6.23. The number of nitrogens with one attached hydrogen (secondary N) is 1. The van der Waals surface area contributed by atoms with Crippen LogP contribution in [-0.2, 0) is 11.3 Å². The molecule has 0 aromatic heterocycles. The predicted molar refractivity (Wildman–Crippen MR) is 135 cm³/mol. The smallest absolute Gasteiger partial charge is 0.255 e. The third kappa shape index (κ3) is 4.88. The van der Waals surface area contributed by atoms with Crippen molar-refractivity contribution in [1.82, 2.24) is 4.90 Å². The Morgan fingerprint density at radius 3 is 2.25 bits per heavy atom. The van der Waals surface area contributed by atoms with Crippen molar-refractivity contribution in [3.8, 4) is 17.2 Å². The highest BCUT2D eigenvalue weighted by Gasteiger charge is 2.35. The van der Waals surface area contributed by atoms with Crippen molar-refractivity contribution in [3.63, 3.8) is 0 Å². The first kappa shape index (κ1) is 24.8. The van der Waals surface area contributed by atoms with E-state index < -0.39 is 6.04 Å². The van der Waals surface area contributed by atoms with E-state index in [1.54, 1.807) is 47.4 Å². The van der Waals surface area contributed by atoms with Gasteiger partial charge in [-0.2, -0.15) is 0 Å². The van der Waals surface area contributed by atoms with Crippen LogP contribution in [0.4, 0.5) is 5.69 Å². The quantitative estimate of drug-likeness (QED) is 0.441. The zero-order chi connectivity index (χ0) is 25.8. The standard InChI is InChI=1S/C28H28N2O6/c1-17(31)18-9-7-10-21(12-18)29-26(32)15-23(30-16-19-8-5-6-11-22(19)28(30)33)20-13-24(34-2)27(36-4)25(14-20)35-3/h5-14,23H,15-16H2,1-4H3,(H,29,32)/t23-/m1/s1. The zero-order valence-corrected chi connectivity index (χ0v) is 20.7. The summed E-state index contributed by atoms with van der Waals surface area (Å²) in [5.41, 5.74) is 3.18. The van der Waals surface area contributed by atoms with Crippen molar-refractivity contribution in [2.75, 3.05) is 26.6 Å². The van der Waals surface area contributed by atoms with Crippen molar-refractivity contribution in [1.29, 1.82) is 0 Å². The van der Waals surface area contributed by atoms with Gasteiger partial charge in [-0.3, -0.25) is 14.4 Å². The second-order valence-electron chi connectivity index (χ2n) is 8.45. The molecule has 2 amide bonds. The van der Waals surface area contributed by atoms with Crippen LogP contribution in [0.15, 0.2) is 60.7 Å². The van der Waals surface area contributed by atoms with Crippen LogP contribution in [0.3, 0.4) is 0 Å². The number of hydrogen-bond donors (Lipinski definition) is 1. The molecule has 0 fully saturated rings. The summed E-state index contributed by atoms with van der Waals surface area (Å²) < 4.78 is 16.5. The summed E-state index contributed by atoms with van der Waals surface area (Å²) in [6.45, 7) is 1.83. The number of hydrogen-bond acceptors (Lipinski definition) is 6. The molecule has 0 spiro atoms. The lowest BCUT2D eigenvalue weighted by Gasteiger charge is -2.29. The van der Waals surface area contributed by atoms with Gasteiger partial charge in [-0.05, 0) is 48.4 Å². The first-order valence-corrected chi connectivity index (χ1v) is 11.5. The monoisotopic (exact) mass is 488 g/mol. The summed E-state index contributed by atoms with van der Waals surface area (Å²) in [5, 5.41) is 2.86. The maximum Gasteiger partial charge on any atom is 0.255 e. The second kappa shape index (κ2) is 10.5. The van der Waals surface area contributed by atoms with E-state index in [1.807, 2.05) is 18.2 Å². The Morgan fingerprint density at radius 1 is 0.944 bits per heavy atom. The minimum absolute atomic E-state index is 0.0251. The van der Waals surface area contributed by atoms with Gasteiger partial charge < -0.3 is 24.4 Å². The molecule has 3 aromatic rings. The average molecular weight is 489 g/mol. The number of carbonyl (C=O) groups excluding carboxylic acids is 3. The molecule has 3 aromatic carbocycles. The van der Waals surface area contributed by atoms with Crippen molar-refractivity contribution >= 4 is 23.3 Å². The SMILES string of the molecule is COc1cc([C@@H](CC(=O)Nc2cccc(C(C)=O)c2)N2Cc3ccccc3C2=O)cc(OC)c1OC. The Hall–Kier alpha value is -4.33. The minimum Gasteiger partial charge on any atom is -0.493 e. The van der Waals surface area contributed by atoms with Crippen LogP contribution in [0.1, 0.15) is 51.2 Å². The lowest BCUT2D eigenvalue weighted by molar-refractivity contribution is -0.117. The molecule has 0 radical (unpaired) electrons. The van der Waals surface area contributed by atoms with Crippen LogP contribution < -0.4 is 19.5 Å². The first-order chi connectivity index (χ1) is 17.4. The van der Waals surface area contributed by atoms with Crippen LogP contribution in [0.25, 0.3) is 0 Å². The predicted octanol–water partition coefficient (Wildman–Crippen LogP) is 4.64. The Balaban J connectivity index is 1.70. The lowest BCUT2D eigenvalue weighted by Crippen LogP contribution is -2.32. The molecule has 0 aliphatic carbocycles. The molecule has 0 saturated heterocycles. The van der Waals surface area contributed by atoms with E-state index in [0.29, 0.717) is 46.2 Å². The van der Waals surface area contributed by atoms with Crippen LogP contribution in [0.2, 0.25) is 0 Å². The Kier molecular flexibility index (Phi) is 7.24. The fraction of sp³-hybridized carbons (Fsp3) is 0.250. The molecule has 4 rings (SSSR count). The van der Waals surface area contributed by atoms with E-state index >= 15 is 0 Å². The molecule has 0 saturated carbocycles. The summed E-state index contributed by atoms with van der Waals surface area (Å²) in [7, 11) is 4.55. The van der Waals surface area contributed by atoms with Crippen molar-refractivity contribution in [2.45, 2.75) is 25.9 Å². The summed E-state index contributed by atoms with van der Waals surface area (Å²) in [5.74, 6) is 0.714. The van der Waals surface area contributed by atoms with E-state index in [1.165, 1.54) is 28.3 Å². The van der Waals surface area contributed by atoms with Crippen LogP contribution in [-0.4, -0.2) is 43.8 Å². The first-order valence-electron chi connectivity index (χ1n) is 11.5. The fourth-order valence-corrected chi connectivity index (χ4v) is 4.43. The van der Waals surface area contributed by atoms with Crippen molar-refractivity contribution in [3.05, 3.63) is 82.9 Å². The summed E-state index contributed by atoms with van der Waals surface area (Å²) in [6, 6.07) is 17.1. The van der Waals surface area contributed by atoms with Gasteiger partial charge in [-0.15, -0.1) is 0 Å². The van der Waals surface area contributed by atoms with E-state index in [-0.39, 0.29) is 24.0 Å². The van der Waals surface area contributed by atoms with Gasteiger partial charge in [0.15, 0.2) is 17.3 Å². The summed E-state index contributed by atoms with van der Waals surface area (Å²) >= 11 is 0. The van der Waals surface area contributed by atoms with Gasteiger partial charge in [0.05, 0.1) is 33.8 Å². The maximum atomic E-state index is 13.4. The summed E-state index contributed by atoms with van der Waals surface area (Å²) in [6.07, 6.45) is -0.0251. The molecule has 186 valence electrons. The molecule has 1 heterocycles. The number of nitrogens with zero attached hydrogens (tertiary/aromatic N) is 1. The minimum atomic E-state index is -0.616. The van der Waals surface area contributed by atoms with Gasteiger partial charge >= 0.3 is 0 Å². The number of anilines is 1. The largest absolute Gasteiger partial charge is 0.493 e. The topological polar surface area (TPSA) is 94.2 Å². The number of Topliss-reactive ketones (excluding diaryl/α,β-unsaturated/α-hetero) is 1. The maximum absolute atomic E-state index is 13.4. The molecule has 36 heavy (non-hydrogen) atoms. The normalized spacial score (nSPS) is 13.1. The highest BCUT2D eigenvalue weighted by molar-refractivity contribution is 6.00. The molecule has 0 bridgehead atoms. The van der Waals surface area contributed by atoms with Crippen LogP contribution in [0.5, 0.6) is 17.2 Å². The van der Waals surface area contributed by atoms with Crippen LogP contribution in [0, 0.1) is 0 Å². The van der Waals surface area contributed by atoms with Gasteiger partial charge in [0, 0.05) is 23.4 Å². The van der Waals surface area contributed by atoms with Crippen LogP contribution >= 0.6 is 0 Å². The van der Waals surface area contributed by atoms with Crippen molar-refractivity contribution < 1.29 is 28.6 Å². The Labute approximate surface area is 209 Å². The zero-order valence-electron chi connectivity index (χ0n) is 20.7. The lowest BCUT2D eigenvalue weighted by atomic mass is 10.00. The number of ketones is 1. The third-order valence-corrected chi connectivity index (χ3v) is 6.23. The summed E-state index contributed by atoms with van der Waals surface area (Å²) in [4.78, 5) is 40.0.